The lowest BCUT2D eigenvalue weighted by Crippen LogP contribution is -2.12. The van der Waals surface area contributed by atoms with Gasteiger partial charge >= 0.3 is 0 Å². The lowest BCUT2D eigenvalue weighted by Gasteiger charge is -1.95. The third-order valence-electron chi connectivity index (χ3n) is 2.00. The molecule has 2 aromatic rings. The first-order valence-corrected chi connectivity index (χ1v) is 5.44. The van der Waals surface area contributed by atoms with Crippen molar-refractivity contribution in [1.82, 2.24) is 20.4 Å². The molecule has 0 fully saturated rings. The second kappa shape index (κ2) is 5.56. The van der Waals surface area contributed by atoms with Crippen LogP contribution in [0.5, 0.6) is 0 Å². The van der Waals surface area contributed by atoms with E-state index in [9.17, 15) is 0 Å². The van der Waals surface area contributed by atoms with Gasteiger partial charge in [0.2, 0.25) is 11.7 Å². The summed E-state index contributed by atoms with van der Waals surface area (Å²) in [6.07, 6.45) is 3.39. The van der Waals surface area contributed by atoms with Crippen molar-refractivity contribution in [2.24, 2.45) is 0 Å². The highest BCUT2D eigenvalue weighted by molar-refractivity contribution is 6.32. The molecule has 88 valence electrons. The topological polar surface area (TPSA) is 63.8 Å². The average Bonchev–Trinajstić information content (AvgIpc) is 2.79. The van der Waals surface area contributed by atoms with Crippen LogP contribution >= 0.6 is 11.6 Å². The van der Waals surface area contributed by atoms with Gasteiger partial charge in [0.25, 0.3) is 0 Å². The quantitative estimate of drug-likeness (QED) is 0.650. The molecule has 5 nitrogen and oxygen atoms in total. The van der Waals surface area contributed by atoms with Crippen molar-refractivity contribution in [2.45, 2.75) is 6.54 Å². The molecule has 0 amide bonds. The number of rotatable bonds is 5. The van der Waals surface area contributed by atoms with Crippen LogP contribution in [0, 0.1) is 0 Å². The van der Waals surface area contributed by atoms with Crippen LogP contribution in [0.15, 0.2) is 35.5 Å². The largest absolute Gasteiger partial charge is 0.337 e. The van der Waals surface area contributed by atoms with Gasteiger partial charge in [-0.2, -0.15) is 4.98 Å². The number of hydrogen-bond donors (Lipinski definition) is 1. The summed E-state index contributed by atoms with van der Waals surface area (Å²) in [7, 11) is 0. The van der Waals surface area contributed by atoms with Crippen molar-refractivity contribution in [1.29, 1.82) is 0 Å². The summed E-state index contributed by atoms with van der Waals surface area (Å²) in [4.78, 5) is 8.30. The van der Waals surface area contributed by atoms with E-state index in [0.717, 1.165) is 0 Å². The molecule has 2 rings (SSSR count). The highest BCUT2D eigenvalue weighted by atomic mass is 35.5. The number of nitrogens with one attached hydrogen (secondary N) is 1. The SMILES string of the molecule is C=CCNCc1nc(-c2ncccc2Cl)no1. The third-order valence-corrected chi connectivity index (χ3v) is 2.31. The molecule has 0 aliphatic rings. The van der Waals surface area contributed by atoms with E-state index in [-0.39, 0.29) is 0 Å². The molecule has 0 unspecified atom stereocenters. The van der Waals surface area contributed by atoms with Crippen molar-refractivity contribution in [2.75, 3.05) is 6.54 Å². The second-order valence-electron chi connectivity index (χ2n) is 3.27. The van der Waals surface area contributed by atoms with E-state index >= 15 is 0 Å². The zero-order chi connectivity index (χ0) is 12.1. The summed E-state index contributed by atoms with van der Waals surface area (Å²) in [5.74, 6) is 0.884. The zero-order valence-electron chi connectivity index (χ0n) is 9.06. The van der Waals surface area contributed by atoms with E-state index in [1.165, 1.54) is 0 Å². The molecule has 2 aromatic heterocycles. The summed E-state index contributed by atoms with van der Waals surface area (Å²) < 4.78 is 5.06. The first-order chi connectivity index (χ1) is 8.31. The Kier molecular flexibility index (Phi) is 3.85. The smallest absolute Gasteiger partial charge is 0.240 e. The molecule has 0 aliphatic heterocycles. The summed E-state index contributed by atoms with van der Waals surface area (Å²) >= 11 is 5.98. The molecule has 17 heavy (non-hydrogen) atoms. The Hall–Kier alpha value is -1.72. The van der Waals surface area contributed by atoms with Gasteiger partial charge in [-0.3, -0.25) is 4.98 Å². The van der Waals surface area contributed by atoms with Gasteiger partial charge < -0.3 is 9.84 Å². The minimum Gasteiger partial charge on any atom is -0.337 e. The van der Waals surface area contributed by atoms with Crippen LogP contribution < -0.4 is 5.32 Å². The fourth-order valence-electron chi connectivity index (χ4n) is 1.25. The van der Waals surface area contributed by atoms with Crippen molar-refractivity contribution in [3.05, 3.63) is 41.9 Å². The highest BCUT2D eigenvalue weighted by Crippen LogP contribution is 2.22. The molecule has 0 spiro atoms. The molecule has 1 N–H and O–H groups in total. The average molecular weight is 251 g/mol. The van der Waals surface area contributed by atoms with E-state index in [2.05, 4.69) is 27.0 Å². The van der Waals surface area contributed by atoms with Gasteiger partial charge in [0, 0.05) is 12.7 Å². The predicted molar refractivity (Wildman–Crippen MR) is 64.4 cm³/mol. The molecule has 0 saturated heterocycles. The molecule has 0 saturated carbocycles. The fraction of sp³-hybridized carbons (Fsp3) is 0.182. The normalized spacial score (nSPS) is 10.4. The lowest BCUT2D eigenvalue weighted by molar-refractivity contribution is 0.370. The Labute approximate surface area is 104 Å². The van der Waals surface area contributed by atoms with Crippen LogP contribution in [0.3, 0.4) is 0 Å². The summed E-state index contributed by atoms with van der Waals surface area (Å²) in [6, 6.07) is 3.48. The number of hydrogen-bond acceptors (Lipinski definition) is 5. The van der Waals surface area contributed by atoms with Crippen LogP contribution in [-0.4, -0.2) is 21.7 Å². The van der Waals surface area contributed by atoms with Crippen LogP contribution in [-0.2, 0) is 6.54 Å². The van der Waals surface area contributed by atoms with Gasteiger partial charge in [-0.15, -0.1) is 6.58 Å². The Morgan fingerprint density at radius 1 is 1.53 bits per heavy atom. The van der Waals surface area contributed by atoms with Gasteiger partial charge in [0.05, 0.1) is 11.6 Å². The minimum atomic E-state index is 0.394. The first kappa shape index (κ1) is 11.8. The second-order valence-corrected chi connectivity index (χ2v) is 3.67. The number of halogens is 1. The molecule has 0 aromatic carbocycles. The molecular formula is C11H11ClN4O. The van der Waals surface area contributed by atoms with Gasteiger partial charge in [0.15, 0.2) is 0 Å². The summed E-state index contributed by atoms with van der Waals surface area (Å²) in [5, 5.41) is 7.39. The van der Waals surface area contributed by atoms with Crippen LogP contribution in [0.4, 0.5) is 0 Å². The number of pyridine rings is 1. The van der Waals surface area contributed by atoms with E-state index in [1.807, 2.05) is 0 Å². The Morgan fingerprint density at radius 3 is 3.18 bits per heavy atom. The molecule has 0 atom stereocenters. The number of aromatic nitrogens is 3. The predicted octanol–water partition coefficient (Wildman–Crippen LogP) is 2.06. The summed E-state index contributed by atoms with van der Waals surface area (Å²) in [5.41, 5.74) is 0.521. The van der Waals surface area contributed by atoms with Crippen molar-refractivity contribution >= 4 is 11.6 Å². The molecular weight excluding hydrogens is 240 g/mol. The third kappa shape index (κ3) is 2.89. The fourth-order valence-corrected chi connectivity index (χ4v) is 1.46. The van der Waals surface area contributed by atoms with E-state index < -0.39 is 0 Å². The molecule has 0 radical (unpaired) electrons. The maximum atomic E-state index is 5.98. The monoisotopic (exact) mass is 250 g/mol. The maximum Gasteiger partial charge on any atom is 0.240 e. The first-order valence-electron chi connectivity index (χ1n) is 5.06. The summed E-state index contributed by atoms with van der Waals surface area (Å²) in [6.45, 7) is 4.77. The van der Waals surface area contributed by atoms with Crippen molar-refractivity contribution < 1.29 is 4.52 Å². The van der Waals surface area contributed by atoms with Gasteiger partial charge in [-0.25, -0.2) is 0 Å². The Morgan fingerprint density at radius 2 is 2.41 bits per heavy atom. The number of nitrogens with zero attached hydrogens (tertiary/aromatic N) is 3. The minimum absolute atomic E-state index is 0.394. The van der Waals surface area contributed by atoms with Crippen molar-refractivity contribution in [3.8, 4) is 11.5 Å². The van der Waals surface area contributed by atoms with E-state index in [0.29, 0.717) is 35.5 Å². The van der Waals surface area contributed by atoms with Gasteiger partial charge in [-0.05, 0) is 12.1 Å². The molecule has 6 heteroatoms. The van der Waals surface area contributed by atoms with E-state index in [4.69, 9.17) is 16.1 Å². The van der Waals surface area contributed by atoms with Crippen LogP contribution in [0.2, 0.25) is 5.02 Å². The Bertz CT molecular complexity index is 512. The lowest BCUT2D eigenvalue weighted by atomic mass is 10.3. The molecule has 0 aliphatic carbocycles. The van der Waals surface area contributed by atoms with Gasteiger partial charge in [-0.1, -0.05) is 22.8 Å². The highest BCUT2D eigenvalue weighted by Gasteiger charge is 2.12. The standard InChI is InChI=1S/C11H11ClN4O/c1-2-5-13-7-9-15-11(16-17-9)10-8(12)4-3-6-14-10/h2-4,6,13H,1,5,7H2. The zero-order valence-corrected chi connectivity index (χ0v) is 9.81. The van der Waals surface area contributed by atoms with E-state index in [1.54, 1.807) is 24.4 Å². The van der Waals surface area contributed by atoms with Crippen LogP contribution in [0.25, 0.3) is 11.5 Å². The molecule has 2 heterocycles. The van der Waals surface area contributed by atoms with Crippen LogP contribution in [0.1, 0.15) is 5.89 Å². The molecule has 0 bridgehead atoms. The van der Waals surface area contributed by atoms with Gasteiger partial charge in [0.1, 0.15) is 5.69 Å². The Balaban J connectivity index is 2.13. The van der Waals surface area contributed by atoms with Crippen molar-refractivity contribution in [3.63, 3.8) is 0 Å². The maximum absolute atomic E-state index is 5.98.